The lowest BCUT2D eigenvalue weighted by molar-refractivity contribution is -0.171. The van der Waals surface area contributed by atoms with Gasteiger partial charge < -0.3 is 25.4 Å². The van der Waals surface area contributed by atoms with Crippen LogP contribution in [0.1, 0.15) is 12.8 Å². The summed E-state index contributed by atoms with van der Waals surface area (Å²) in [5.74, 6) is -4.25. The monoisotopic (exact) mass is 249 g/mol. The van der Waals surface area contributed by atoms with Gasteiger partial charge >= 0.3 is 17.9 Å². The summed E-state index contributed by atoms with van der Waals surface area (Å²) in [6.45, 7) is 0.383. The lowest BCUT2D eigenvalue weighted by Gasteiger charge is -2.20. The molecule has 17 heavy (non-hydrogen) atoms. The molecule has 4 N–H and O–H groups in total. The van der Waals surface area contributed by atoms with Gasteiger partial charge in [-0.2, -0.15) is 0 Å². The van der Waals surface area contributed by atoms with E-state index in [0.717, 1.165) is 0 Å². The number of ether oxygens (including phenoxy) is 1. The number of carboxylic acids is 2. The van der Waals surface area contributed by atoms with Crippen molar-refractivity contribution in [1.82, 2.24) is 5.32 Å². The number of hydrogen-bond donors (Lipinski definition) is 4. The van der Waals surface area contributed by atoms with Crippen LogP contribution in [0.5, 0.6) is 0 Å². The molecule has 0 saturated heterocycles. The van der Waals surface area contributed by atoms with E-state index in [4.69, 9.17) is 10.2 Å². The number of likely N-dealkylation sites (N-methyl/N-ethyl adjacent to an activating group) is 1. The van der Waals surface area contributed by atoms with Gasteiger partial charge in [-0.3, -0.25) is 9.59 Å². The normalized spacial score (nSPS) is 13.8. The predicted octanol–water partition coefficient (Wildman–Crippen LogP) is -1.57. The molecule has 0 radical (unpaired) electrons. The van der Waals surface area contributed by atoms with Crippen LogP contribution in [0.25, 0.3) is 0 Å². The fourth-order valence-corrected chi connectivity index (χ4v) is 1.02. The molecular formula is C9H15NO7. The lowest BCUT2D eigenvalue weighted by Crippen LogP contribution is -2.43. The van der Waals surface area contributed by atoms with Crippen molar-refractivity contribution in [2.45, 2.75) is 18.4 Å². The molecule has 0 amide bonds. The third-order valence-corrected chi connectivity index (χ3v) is 1.89. The van der Waals surface area contributed by atoms with Gasteiger partial charge in [0, 0.05) is 6.54 Å². The van der Waals surface area contributed by atoms with Crippen molar-refractivity contribution in [3.05, 3.63) is 0 Å². The van der Waals surface area contributed by atoms with E-state index in [1.807, 2.05) is 0 Å². The molecule has 0 aliphatic rings. The molecule has 0 rings (SSSR count). The minimum atomic E-state index is -2.64. The summed E-state index contributed by atoms with van der Waals surface area (Å²) >= 11 is 0. The van der Waals surface area contributed by atoms with Gasteiger partial charge in [-0.25, -0.2) is 4.79 Å². The minimum absolute atomic E-state index is 0.0120. The molecule has 1 unspecified atom stereocenters. The van der Waals surface area contributed by atoms with Crippen molar-refractivity contribution in [3.8, 4) is 0 Å². The third kappa shape index (κ3) is 5.83. The van der Waals surface area contributed by atoms with Gasteiger partial charge in [0.25, 0.3) is 0 Å². The molecule has 8 heteroatoms. The van der Waals surface area contributed by atoms with Gasteiger partial charge in [0.1, 0.15) is 6.61 Å². The highest BCUT2D eigenvalue weighted by Gasteiger charge is 2.41. The van der Waals surface area contributed by atoms with E-state index in [0.29, 0.717) is 6.54 Å². The largest absolute Gasteiger partial charge is 0.481 e. The second-order valence-corrected chi connectivity index (χ2v) is 3.41. The van der Waals surface area contributed by atoms with Gasteiger partial charge in [-0.05, 0) is 7.05 Å². The van der Waals surface area contributed by atoms with Gasteiger partial charge in [0.05, 0.1) is 12.8 Å². The Morgan fingerprint density at radius 2 is 1.82 bits per heavy atom. The molecule has 0 bridgehead atoms. The number of aliphatic hydroxyl groups is 1. The summed E-state index contributed by atoms with van der Waals surface area (Å²) in [4.78, 5) is 32.2. The molecule has 0 aromatic carbocycles. The highest BCUT2D eigenvalue weighted by molar-refractivity contribution is 5.88. The van der Waals surface area contributed by atoms with Crippen molar-refractivity contribution in [1.29, 1.82) is 0 Å². The SMILES string of the molecule is CNCCOC(=O)CC(O)(CC(=O)O)C(=O)O. The number of carbonyl (C=O) groups excluding carboxylic acids is 1. The zero-order chi connectivity index (χ0) is 13.5. The average molecular weight is 249 g/mol. The molecule has 8 nitrogen and oxygen atoms in total. The quantitative estimate of drug-likeness (QED) is 0.299. The second-order valence-electron chi connectivity index (χ2n) is 3.41. The fraction of sp³-hybridized carbons (Fsp3) is 0.667. The molecule has 1 atom stereocenters. The standard InChI is InChI=1S/C9H15NO7/c1-10-2-3-17-7(13)5-9(16,8(14)15)4-6(11)12/h10,16H,2-5H2,1H3,(H,11,12)(H,14,15). The van der Waals surface area contributed by atoms with E-state index in [1.54, 1.807) is 7.05 Å². The highest BCUT2D eigenvalue weighted by Crippen LogP contribution is 2.16. The van der Waals surface area contributed by atoms with Crippen LogP contribution in [-0.2, 0) is 19.1 Å². The second kappa shape index (κ2) is 6.81. The molecule has 0 aliphatic carbocycles. The Kier molecular flexibility index (Phi) is 6.15. The van der Waals surface area contributed by atoms with E-state index in [1.165, 1.54) is 0 Å². The molecular weight excluding hydrogens is 234 g/mol. The first-order valence-electron chi connectivity index (χ1n) is 4.79. The van der Waals surface area contributed by atoms with Crippen LogP contribution in [0.15, 0.2) is 0 Å². The van der Waals surface area contributed by atoms with E-state index >= 15 is 0 Å². The summed E-state index contributed by atoms with van der Waals surface area (Å²) < 4.78 is 4.59. The third-order valence-electron chi connectivity index (χ3n) is 1.89. The van der Waals surface area contributed by atoms with Crippen LogP contribution in [0.4, 0.5) is 0 Å². The number of carbonyl (C=O) groups is 3. The smallest absolute Gasteiger partial charge is 0.336 e. The summed E-state index contributed by atoms with van der Waals surface area (Å²) in [5.41, 5.74) is -2.64. The van der Waals surface area contributed by atoms with E-state index in [-0.39, 0.29) is 6.61 Å². The van der Waals surface area contributed by atoms with Crippen LogP contribution in [0, 0.1) is 0 Å². The first-order chi connectivity index (χ1) is 7.81. The van der Waals surface area contributed by atoms with Crippen LogP contribution in [0.3, 0.4) is 0 Å². The van der Waals surface area contributed by atoms with E-state index in [9.17, 15) is 19.5 Å². The molecule has 0 fully saturated rings. The van der Waals surface area contributed by atoms with Gasteiger partial charge in [0.15, 0.2) is 5.60 Å². The number of nitrogens with one attached hydrogen (secondary N) is 1. The topological polar surface area (TPSA) is 133 Å². The number of esters is 1. The van der Waals surface area contributed by atoms with Crippen LogP contribution in [0.2, 0.25) is 0 Å². The Hall–Kier alpha value is -1.67. The summed E-state index contributed by atoms with van der Waals surface area (Å²) in [6, 6.07) is 0. The zero-order valence-electron chi connectivity index (χ0n) is 9.30. The van der Waals surface area contributed by atoms with E-state index in [2.05, 4.69) is 10.1 Å². The van der Waals surface area contributed by atoms with Crippen molar-refractivity contribution in [3.63, 3.8) is 0 Å². The van der Waals surface area contributed by atoms with Crippen LogP contribution in [-0.4, -0.2) is 59.0 Å². The molecule has 0 aliphatic heterocycles. The number of rotatable bonds is 8. The Morgan fingerprint density at radius 1 is 1.24 bits per heavy atom. The van der Waals surface area contributed by atoms with Crippen molar-refractivity contribution in [2.75, 3.05) is 20.2 Å². The zero-order valence-corrected chi connectivity index (χ0v) is 9.30. The number of hydrogen-bond acceptors (Lipinski definition) is 6. The molecule has 0 saturated carbocycles. The van der Waals surface area contributed by atoms with Gasteiger partial charge in [-0.1, -0.05) is 0 Å². The first kappa shape index (κ1) is 15.3. The molecule has 0 aromatic heterocycles. The lowest BCUT2D eigenvalue weighted by atomic mass is 9.96. The summed E-state index contributed by atoms with van der Waals surface area (Å²) in [5, 5.41) is 29.3. The fourth-order valence-electron chi connectivity index (χ4n) is 1.02. The maximum Gasteiger partial charge on any atom is 0.336 e. The Bertz CT molecular complexity index is 304. The number of aliphatic carboxylic acids is 2. The van der Waals surface area contributed by atoms with Crippen molar-refractivity contribution >= 4 is 17.9 Å². The highest BCUT2D eigenvalue weighted by atomic mass is 16.5. The first-order valence-corrected chi connectivity index (χ1v) is 4.79. The number of carboxylic acid groups (broad SMARTS) is 2. The summed E-state index contributed by atoms with van der Waals surface area (Å²) in [7, 11) is 1.63. The molecule has 0 aromatic rings. The Labute approximate surface area is 97.2 Å². The molecule has 0 heterocycles. The molecule has 98 valence electrons. The van der Waals surface area contributed by atoms with Crippen molar-refractivity contribution < 1.29 is 34.4 Å². The van der Waals surface area contributed by atoms with Crippen LogP contribution < -0.4 is 5.32 Å². The average Bonchev–Trinajstić information content (AvgIpc) is 2.16. The van der Waals surface area contributed by atoms with E-state index < -0.39 is 36.4 Å². The van der Waals surface area contributed by atoms with Gasteiger partial charge in [-0.15, -0.1) is 0 Å². The van der Waals surface area contributed by atoms with Gasteiger partial charge in [0.2, 0.25) is 0 Å². The summed E-state index contributed by atoms with van der Waals surface area (Å²) in [6.07, 6.45) is -1.97. The Balaban J connectivity index is 4.39. The minimum Gasteiger partial charge on any atom is -0.481 e. The Morgan fingerprint density at radius 3 is 2.24 bits per heavy atom. The molecule has 0 spiro atoms. The van der Waals surface area contributed by atoms with Crippen molar-refractivity contribution in [2.24, 2.45) is 0 Å². The predicted molar refractivity (Wildman–Crippen MR) is 54.3 cm³/mol. The maximum atomic E-state index is 11.2. The maximum absolute atomic E-state index is 11.2. The van der Waals surface area contributed by atoms with Crippen LogP contribution >= 0.6 is 0 Å².